The second kappa shape index (κ2) is 5.35. The van der Waals surface area contributed by atoms with Gasteiger partial charge in [0.15, 0.2) is 0 Å². The molecule has 0 radical (unpaired) electrons. The first-order chi connectivity index (χ1) is 7.79. The summed E-state index contributed by atoms with van der Waals surface area (Å²) in [4.78, 5) is 24.3. The number of carbonyl (C=O) groups excluding carboxylic acids is 2. The number of nitrogens with zero attached hydrogens (tertiary/aromatic N) is 1. The van der Waals surface area contributed by atoms with E-state index < -0.39 is 17.6 Å². The maximum absolute atomic E-state index is 11.9. The van der Waals surface area contributed by atoms with Crippen LogP contribution in [0, 0.1) is 0 Å². The van der Waals surface area contributed by atoms with E-state index in [1.165, 1.54) is 4.90 Å². The number of amides is 2. The van der Waals surface area contributed by atoms with Gasteiger partial charge in [-0.3, -0.25) is 4.79 Å². The summed E-state index contributed by atoms with van der Waals surface area (Å²) in [7, 11) is 0. The first-order valence-electron chi connectivity index (χ1n) is 5.65. The van der Waals surface area contributed by atoms with Gasteiger partial charge in [0.2, 0.25) is 5.91 Å². The van der Waals surface area contributed by atoms with Crippen LogP contribution in [0.2, 0.25) is 0 Å². The normalized spacial score (nSPS) is 21.1. The van der Waals surface area contributed by atoms with Crippen LogP contribution in [0.25, 0.3) is 0 Å². The predicted octanol–water partition coefficient (Wildman–Crippen LogP) is 0.498. The van der Waals surface area contributed by atoms with E-state index in [9.17, 15) is 9.59 Å². The van der Waals surface area contributed by atoms with E-state index in [4.69, 9.17) is 15.2 Å². The average Bonchev–Trinajstić information content (AvgIpc) is 2.14. The largest absolute Gasteiger partial charge is 0.444 e. The molecule has 0 spiro atoms. The summed E-state index contributed by atoms with van der Waals surface area (Å²) in [5, 5.41) is 0. The molecular weight excluding hydrogens is 224 g/mol. The van der Waals surface area contributed by atoms with Gasteiger partial charge in [-0.2, -0.15) is 0 Å². The van der Waals surface area contributed by atoms with Gasteiger partial charge in [0, 0.05) is 13.0 Å². The number of nitrogens with two attached hydrogens (primary N) is 1. The molecule has 1 atom stereocenters. The van der Waals surface area contributed by atoms with Crippen molar-refractivity contribution < 1.29 is 19.1 Å². The predicted molar refractivity (Wildman–Crippen MR) is 61.4 cm³/mol. The monoisotopic (exact) mass is 244 g/mol. The van der Waals surface area contributed by atoms with E-state index >= 15 is 0 Å². The van der Waals surface area contributed by atoms with Gasteiger partial charge in [0.25, 0.3) is 0 Å². The highest BCUT2D eigenvalue weighted by Gasteiger charge is 2.31. The van der Waals surface area contributed by atoms with Crippen molar-refractivity contribution >= 4 is 12.0 Å². The Balaban J connectivity index is 2.64. The molecule has 6 nitrogen and oxygen atoms in total. The van der Waals surface area contributed by atoms with Gasteiger partial charge in [0.1, 0.15) is 5.60 Å². The molecule has 0 unspecified atom stereocenters. The third-order valence-corrected chi connectivity index (χ3v) is 2.29. The lowest BCUT2D eigenvalue weighted by molar-refractivity contribution is -0.120. The standard InChI is InChI=1S/C11H20N2O4/c1-11(2,3)17-10(15)13-4-5-16-7-8(13)6-9(12)14/h8H,4-7H2,1-3H3,(H2,12,14)/t8-/m1/s1. The number of carbonyl (C=O) groups is 2. The summed E-state index contributed by atoms with van der Waals surface area (Å²) in [5.74, 6) is -0.450. The SMILES string of the molecule is CC(C)(C)OC(=O)N1CCOC[C@H]1CC(N)=O. The minimum atomic E-state index is -0.549. The zero-order valence-electron chi connectivity index (χ0n) is 10.6. The van der Waals surface area contributed by atoms with Crippen LogP contribution >= 0.6 is 0 Å². The molecule has 1 aliphatic rings. The van der Waals surface area contributed by atoms with Gasteiger partial charge in [-0.05, 0) is 20.8 Å². The van der Waals surface area contributed by atoms with Crippen molar-refractivity contribution in [1.82, 2.24) is 4.90 Å². The Kier molecular flexibility index (Phi) is 4.34. The molecule has 0 aliphatic carbocycles. The Labute approximate surface area is 101 Å². The smallest absolute Gasteiger partial charge is 0.410 e. The molecule has 0 saturated carbocycles. The van der Waals surface area contributed by atoms with Crippen LogP contribution < -0.4 is 5.73 Å². The quantitative estimate of drug-likeness (QED) is 0.766. The fraction of sp³-hybridized carbons (Fsp3) is 0.818. The Morgan fingerprint density at radius 3 is 2.65 bits per heavy atom. The summed E-state index contributed by atoms with van der Waals surface area (Å²) >= 11 is 0. The lowest BCUT2D eigenvalue weighted by atomic mass is 10.1. The van der Waals surface area contributed by atoms with Crippen molar-refractivity contribution in [2.24, 2.45) is 5.73 Å². The van der Waals surface area contributed by atoms with Gasteiger partial charge in [-0.1, -0.05) is 0 Å². The van der Waals surface area contributed by atoms with Crippen molar-refractivity contribution in [3.05, 3.63) is 0 Å². The fourth-order valence-corrected chi connectivity index (χ4v) is 1.62. The van der Waals surface area contributed by atoms with Crippen LogP contribution in [0.4, 0.5) is 4.79 Å². The molecule has 1 heterocycles. The van der Waals surface area contributed by atoms with Gasteiger partial charge in [-0.15, -0.1) is 0 Å². The van der Waals surface area contributed by atoms with Crippen molar-refractivity contribution in [2.75, 3.05) is 19.8 Å². The zero-order chi connectivity index (χ0) is 13.1. The van der Waals surface area contributed by atoms with E-state index in [1.54, 1.807) is 20.8 Å². The summed E-state index contributed by atoms with van der Waals surface area (Å²) in [6, 6.07) is -0.323. The molecule has 2 N–H and O–H groups in total. The lowest BCUT2D eigenvalue weighted by Gasteiger charge is -2.36. The lowest BCUT2D eigenvalue weighted by Crippen LogP contribution is -2.51. The number of morpholine rings is 1. The highest BCUT2D eigenvalue weighted by atomic mass is 16.6. The van der Waals surface area contributed by atoms with E-state index in [-0.39, 0.29) is 12.5 Å². The summed E-state index contributed by atoms with van der Waals surface area (Å²) in [5.41, 5.74) is 4.59. The summed E-state index contributed by atoms with van der Waals surface area (Å²) in [6.45, 7) is 6.60. The number of primary amides is 1. The fourth-order valence-electron chi connectivity index (χ4n) is 1.62. The number of ether oxygens (including phenoxy) is 2. The van der Waals surface area contributed by atoms with Crippen LogP contribution in [-0.2, 0) is 14.3 Å². The molecule has 1 aliphatic heterocycles. The number of hydrogen-bond donors (Lipinski definition) is 1. The van der Waals surface area contributed by atoms with Crippen LogP contribution in [0.5, 0.6) is 0 Å². The Hall–Kier alpha value is -1.30. The molecule has 17 heavy (non-hydrogen) atoms. The van der Waals surface area contributed by atoms with Crippen LogP contribution in [0.15, 0.2) is 0 Å². The van der Waals surface area contributed by atoms with Gasteiger partial charge in [-0.25, -0.2) is 4.79 Å². The molecule has 1 fully saturated rings. The van der Waals surface area contributed by atoms with E-state index in [0.29, 0.717) is 19.8 Å². The Morgan fingerprint density at radius 1 is 1.47 bits per heavy atom. The summed E-state index contributed by atoms with van der Waals surface area (Å²) < 4.78 is 10.5. The van der Waals surface area contributed by atoms with Crippen molar-refractivity contribution in [3.8, 4) is 0 Å². The maximum atomic E-state index is 11.9. The van der Waals surface area contributed by atoms with Crippen molar-refractivity contribution in [2.45, 2.75) is 38.8 Å². The Bertz CT molecular complexity index is 298. The van der Waals surface area contributed by atoms with Gasteiger partial charge < -0.3 is 20.1 Å². The number of rotatable bonds is 2. The van der Waals surface area contributed by atoms with Crippen LogP contribution in [-0.4, -0.2) is 48.3 Å². The summed E-state index contributed by atoms with van der Waals surface area (Å²) in [6.07, 6.45) is -0.328. The molecule has 0 bridgehead atoms. The van der Waals surface area contributed by atoms with Crippen molar-refractivity contribution in [1.29, 1.82) is 0 Å². The second-order valence-corrected chi connectivity index (χ2v) is 5.07. The first-order valence-corrected chi connectivity index (χ1v) is 5.65. The minimum absolute atomic E-state index is 0.0965. The van der Waals surface area contributed by atoms with E-state index in [1.807, 2.05) is 0 Å². The zero-order valence-corrected chi connectivity index (χ0v) is 10.6. The van der Waals surface area contributed by atoms with Crippen molar-refractivity contribution in [3.63, 3.8) is 0 Å². The molecule has 98 valence electrons. The highest BCUT2D eigenvalue weighted by molar-refractivity contribution is 5.76. The molecule has 0 aromatic heterocycles. The molecular formula is C11H20N2O4. The molecule has 1 rings (SSSR count). The van der Waals surface area contributed by atoms with Gasteiger partial charge in [0.05, 0.1) is 19.3 Å². The van der Waals surface area contributed by atoms with E-state index in [2.05, 4.69) is 0 Å². The second-order valence-electron chi connectivity index (χ2n) is 5.07. The molecule has 0 aromatic carbocycles. The molecule has 1 saturated heterocycles. The minimum Gasteiger partial charge on any atom is -0.444 e. The maximum Gasteiger partial charge on any atom is 0.410 e. The molecule has 0 aromatic rings. The van der Waals surface area contributed by atoms with Crippen LogP contribution in [0.1, 0.15) is 27.2 Å². The van der Waals surface area contributed by atoms with Gasteiger partial charge >= 0.3 is 6.09 Å². The average molecular weight is 244 g/mol. The Morgan fingerprint density at radius 2 is 2.12 bits per heavy atom. The first kappa shape index (κ1) is 13.8. The highest BCUT2D eigenvalue weighted by Crippen LogP contribution is 2.16. The number of hydrogen-bond acceptors (Lipinski definition) is 4. The molecule has 2 amide bonds. The molecule has 6 heteroatoms. The topological polar surface area (TPSA) is 81.9 Å². The van der Waals surface area contributed by atoms with Crippen LogP contribution in [0.3, 0.4) is 0 Å². The third-order valence-electron chi connectivity index (χ3n) is 2.29. The third kappa shape index (κ3) is 4.60. The van der Waals surface area contributed by atoms with E-state index in [0.717, 1.165) is 0 Å².